The van der Waals surface area contributed by atoms with Crippen molar-refractivity contribution in [2.45, 2.75) is 0 Å². The zero-order chi connectivity index (χ0) is 5.41. The van der Waals surface area contributed by atoms with Crippen LogP contribution in [0.15, 0.2) is 0 Å². The minimum Gasteiger partial charge on any atom is -0.248 e. The Labute approximate surface area is 59.4 Å². The topological polar surface area (TPSA) is 47.7 Å². The molecule has 0 atom stereocenters. The standard InChI is InChI=1S/2CHNS.H2S/c2*2-1-3;/h2*2H;1H2. The summed E-state index contributed by atoms with van der Waals surface area (Å²) in [5.74, 6) is 0. The first-order valence-corrected chi connectivity index (χ1v) is 1.72. The van der Waals surface area contributed by atoms with Crippen LogP contribution < -0.4 is 0 Å². The third kappa shape index (κ3) is 37100. The maximum absolute atomic E-state index is 5.77. The van der Waals surface area contributed by atoms with E-state index in [-0.39, 0.29) is 13.5 Å². The van der Waals surface area contributed by atoms with Crippen LogP contribution in [0.1, 0.15) is 0 Å². The number of thiocarbonyl (C=S) groups is 2. The number of nitrogens with one attached hydrogen (secondary N) is 2. The fraction of sp³-hybridized carbons (Fsp3) is 0. The van der Waals surface area contributed by atoms with E-state index in [4.69, 9.17) is 10.8 Å². The van der Waals surface area contributed by atoms with E-state index in [0.29, 0.717) is 0 Å². The van der Waals surface area contributed by atoms with Crippen molar-refractivity contribution in [3.05, 3.63) is 0 Å². The summed E-state index contributed by atoms with van der Waals surface area (Å²) >= 11 is 7.62. The molecule has 0 heterocycles. The van der Waals surface area contributed by atoms with Crippen molar-refractivity contribution >= 4 is 48.3 Å². The predicted molar refractivity (Wildman–Crippen MR) is 41.0 cm³/mol. The first kappa shape index (κ1) is 15.8. The maximum atomic E-state index is 5.77. The highest BCUT2D eigenvalue weighted by Gasteiger charge is 0.978. The minimum atomic E-state index is 0. The van der Waals surface area contributed by atoms with Crippen molar-refractivity contribution in [1.82, 2.24) is 0 Å². The highest BCUT2D eigenvalue weighted by Crippen LogP contribution is 1.16. The fourth-order valence-corrected chi connectivity index (χ4v) is 0. The van der Waals surface area contributed by atoms with E-state index in [9.17, 15) is 0 Å². The van der Waals surface area contributed by atoms with Crippen LogP contribution in [-0.2, 0) is 0 Å². The molecular weight excluding hydrogens is 148 g/mol. The average Bonchev–Trinajstić information content (AvgIpc) is 1.39. The van der Waals surface area contributed by atoms with Gasteiger partial charge in [-0.25, -0.2) is 10.8 Å². The van der Waals surface area contributed by atoms with Crippen LogP contribution in [0.4, 0.5) is 0 Å². The smallest absolute Gasteiger partial charge is 0.0554 e. The summed E-state index contributed by atoms with van der Waals surface area (Å²) in [5.41, 5.74) is 0. The molecule has 2 N–H and O–H groups in total. The summed E-state index contributed by atoms with van der Waals surface area (Å²) < 4.78 is 0. The summed E-state index contributed by atoms with van der Waals surface area (Å²) in [6.45, 7) is 0. The van der Waals surface area contributed by atoms with Gasteiger partial charge in [0, 0.05) is 0 Å². The molecule has 0 aliphatic heterocycles. The zero-order valence-electron chi connectivity index (χ0n) is 3.32. The number of isothiocyanates is 2. The Balaban J connectivity index is -0.0000000400. The fourth-order valence-electron chi connectivity index (χ4n) is 0. The summed E-state index contributed by atoms with van der Waals surface area (Å²) in [5, 5.41) is 14.7. The minimum absolute atomic E-state index is 0. The van der Waals surface area contributed by atoms with E-state index in [2.05, 4.69) is 24.4 Å². The van der Waals surface area contributed by atoms with E-state index in [1.54, 1.807) is 10.3 Å². The van der Waals surface area contributed by atoms with Gasteiger partial charge < -0.3 is 0 Å². The molecule has 0 amide bonds. The van der Waals surface area contributed by atoms with Gasteiger partial charge in [-0.2, -0.15) is 13.5 Å². The van der Waals surface area contributed by atoms with Crippen molar-refractivity contribution < 1.29 is 0 Å². The molecule has 0 saturated carbocycles. The highest BCUT2D eigenvalue weighted by atomic mass is 32.1. The molecule has 0 aliphatic rings. The Hall–Kier alpha value is -0.0500. The Morgan fingerprint density at radius 3 is 1.00 bits per heavy atom. The van der Waals surface area contributed by atoms with Gasteiger partial charge in [-0.3, -0.25) is 0 Å². The molecule has 0 unspecified atom stereocenters. The first-order chi connectivity index (χ1) is 2.83. The van der Waals surface area contributed by atoms with Gasteiger partial charge in [0.1, 0.15) is 0 Å². The van der Waals surface area contributed by atoms with E-state index in [1.807, 2.05) is 0 Å². The molecule has 0 spiro atoms. The van der Waals surface area contributed by atoms with Gasteiger partial charge in [-0.1, -0.05) is 0 Å². The molecule has 0 aromatic carbocycles. The lowest BCUT2D eigenvalue weighted by molar-refractivity contribution is 1.61. The van der Waals surface area contributed by atoms with Gasteiger partial charge in [-0.05, 0) is 24.4 Å². The van der Waals surface area contributed by atoms with Gasteiger partial charge in [0.15, 0.2) is 0 Å². The number of rotatable bonds is 0. The first-order valence-electron chi connectivity index (χ1n) is 0.908. The van der Waals surface area contributed by atoms with Gasteiger partial charge in [0.05, 0.1) is 10.3 Å². The lowest BCUT2D eigenvalue weighted by Crippen LogP contribution is -1.03. The monoisotopic (exact) mass is 152 g/mol. The number of hydrogen-bond acceptors (Lipinski definition) is 4. The van der Waals surface area contributed by atoms with Crippen molar-refractivity contribution in [3.8, 4) is 0 Å². The van der Waals surface area contributed by atoms with Gasteiger partial charge in [0.25, 0.3) is 0 Å². The van der Waals surface area contributed by atoms with Crippen LogP contribution >= 0.6 is 37.9 Å². The van der Waals surface area contributed by atoms with Crippen molar-refractivity contribution in [1.29, 1.82) is 10.8 Å². The lowest BCUT2D eigenvalue weighted by atomic mass is 11.8. The Bertz CT molecular complexity index is 64.9. The summed E-state index contributed by atoms with van der Waals surface area (Å²) in [6.07, 6.45) is 0. The lowest BCUT2D eigenvalue weighted by Gasteiger charge is -1.05. The molecule has 7 heavy (non-hydrogen) atoms. The summed E-state index contributed by atoms with van der Waals surface area (Å²) in [6, 6.07) is 0. The molecule has 0 saturated heterocycles. The van der Waals surface area contributed by atoms with Crippen LogP contribution in [0.2, 0.25) is 0 Å². The van der Waals surface area contributed by atoms with Crippen LogP contribution in [0, 0.1) is 10.8 Å². The predicted octanol–water partition coefficient (Wildman–Crippen LogP) is 1.45. The molecule has 40 valence electrons. The molecule has 5 heteroatoms. The van der Waals surface area contributed by atoms with Crippen molar-refractivity contribution in [2.24, 2.45) is 0 Å². The summed E-state index contributed by atoms with van der Waals surface area (Å²) in [7, 11) is 0. The molecule has 0 bridgehead atoms. The molecule has 2 nitrogen and oxygen atoms in total. The average molecular weight is 152 g/mol. The van der Waals surface area contributed by atoms with Crippen LogP contribution in [-0.4, -0.2) is 10.3 Å². The van der Waals surface area contributed by atoms with Gasteiger partial charge in [-0.15, -0.1) is 0 Å². The number of hydrogen-bond donors (Lipinski definition) is 2. The third-order valence-corrected chi connectivity index (χ3v) is 0. The quantitative estimate of drug-likeness (QED) is 0.407. The van der Waals surface area contributed by atoms with E-state index < -0.39 is 0 Å². The molecule has 0 rings (SSSR count). The molecule has 0 aliphatic carbocycles. The largest absolute Gasteiger partial charge is 0.248 e. The van der Waals surface area contributed by atoms with Crippen molar-refractivity contribution in [2.75, 3.05) is 0 Å². The maximum Gasteiger partial charge on any atom is 0.0554 e. The van der Waals surface area contributed by atoms with Gasteiger partial charge in [0.2, 0.25) is 0 Å². The third-order valence-electron chi connectivity index (χ3n) is 0. The van der Waals surface area contributed by atoms with E-state index in [0.717, 1.165) is 0 Å². The molecule has 0 aromatic rings. The zero-order valence-corrected chi connectivity index (χ0v) is 5.95. The van der Waals surface area contributed by atoms with Crippen LogP contribution in [0.5, 0.6) is 0 Å². The summed E-state index contributed by atoms with van der Waals surface area (Å²) in [4.78, 5) is 0. The Morgan fingerprint density at radius 1 is 1.00 bits per heavy atom. The second-order valence-electron chi connectivity index (χ2n) is 0.204. The molecule has 0 fully saturated rings. The van der Waals surface area contributed by atoms with Crippen LogP contribution in [0.3, 0.4) is 0 Å². The van der Waals surface area contributed by atoms with Crippen LogP contribution in [0.25, 0.3) is 0 Å². The second kappa shape index (κ2) is 38.3. The van der Waals surface area contributed by atoms with Gasteiger partial charge >= 0.3 is 0 Å². The Morgan fingerprint density at radius 2 is 1.00 bits per heavy atom. The second-order valence-corrected chi connectivity index (χ2v) is 0.612. The highest BCUT2D eigenvalue weighted by molar-refractivity contribution is 7.78. The normalized spacial score (nSPS) is 2.29. The SMILES string of the molecule is N=C=S.N=C=S.S. The van der Waals surface area contributed by atoms with E-state index >= 15 is 0 Å². The van der Waals surface area contributed by atoms with E-state index in [1.165, 1.54) is 0 Å². The molecular formula is C2H4N2S3. The Kier molecular flexibility index (Phi) is 86.4. The molecule has 0 aromatic heterocycles. The molecule has 0 radical (unpaired) electrons. The van der Waals surface area contributed by atoms with Crippen molar-refractivity contribution in [3.63, 3.8) is 0 Å².